The zero-order valence-corrected chi connectivity index (χ0v) is 16.9. The number of thioether (sulfide) groups is 1. The first-order chi connectivity index (χ1) is 14.1. The SMILES string of the molecule is CSc1[nH]c(=O)c(C(=O)N(CCc2ccccc2)Cc2ccccc2)cc1C#N. The second-order valence-corrected chi connectivity index (χ2v) is 7.34. The van der Waals surface area contributed by atoms with Gasteiger partial charge in [-0.25, -0.2) is 0 Å². The van der Waals surface area contributed by atoms with Crippen LogP contribution in [0, 0.1) is 11.3 Å². The van der Waals surface area contributed by atoms with Crippen LogP contribution in [0.4, 0.5) is 0 Å². The number of carbonyl (C=O) groups is 1. The number of nitrogens with one attached hydrogen (secondary N) is 1. The number of carbonyl (C=O) groups excluding carboxylic acids is 1. The summed E-state index contributed by atoms with van der Waals surface area (Å²) in [6.07, 6.45) is 2.44. The number of hydrogen-bond acceptors (Lipinski definition) is 4. The van der Waals surface area contributed by atoms with Crippen LogP contribution in [-0.4, -0.2) is 28.6 Å². The molecule has 1 aromatic heterocycles. The number of H-pyrrole nitrogens is 1. The Morgan fingerprint density at radius 3 is 2.28 bits per heavy atom. The minimum absolute atomic E-state index is 0.0108. The van der Waals surface area contributed by atoms with Gasteiger partial charge in [0.2, 0.25) is 0 Å². The third-order valence-corrected chi connectivity index (χ3v) is 5.31. The summed E-state index contributed by atoms with van der Waals surface area (Å²) in [6.45, 7) is 0.849. The van der Waals surface area contributed by atoms with Gasteiger partial charge < -0.3 is 9.88 Å². The summed E-state index contributed by atoms with van der Waals surface area (Å²) in [5.41, 5.74) is 1.90. The summed E-state index contributed by atoms with van der Waals surface area (Å²) in [7, 11) is 0. The van der Waals surface area contributed by atoms with E-state index in [-0.39, 0.29) is 11.5 Å². The van der Waals surface area contributed by atoms with Crippen molar-refractivity contribution < 1.29 is 4.79 Å². The van der Waals surface area contributed by atoms with E-state index in [2.05, 4.69) is 11.1 Å². The van der Waals surface area contributed by atoms with Crippen molar-refractivity contribution in [1.82, 2.24) is 9.88 Å². The highest BCUT2D eigenvalue weighted by molar-refractivity contribution is 7.98. The molecule has 1 amide bonds. The molecule has 29 heavy (non-hydrogen) atoms. The molecular formula is C23H21N3O2S. The number of aromatic amines is 1. The molecule has 0 bridgehead atoms. The lowest BCUT2D eigenvalue weighted by atomic mass is 10.1. The number of nitrogens with zero attached hydrogens (tertiary/aromatic N) is 2. The molecule has 3 aromatic rings. The molecule has 0 aliphatic rings. The maximum Gasteiger partial charge on any atom is 0.261 e. The number of nitriles is 1. The van der Waals surface area contributed by atoms with Gasteiger partial charge >= 0.3 is 0 Å². The lowest BCUT2D eigenvalue weighted by Crippen LogP contribution is -2.36. The number of hydrogen-bond donors (Lipinski definition) is 1. The minimum atomic E-state index is -0.476. The van der Waals surface area contributed by atoms with Gasteiger partial charge in [-0.15, -0.1) is 11.8 Å². The maximum atomic E-state index is 13.2. The summed E-state index contributed by atoms with van der Waals surface area (Å²) in [4.78, 5) is 30.1. The second-order valence-electron chi connectivity index (χ2n) is 6.52. The van der Waals surface area contributed by atoms with Gasteiger partial charge in [0.25, 0.3) is 11.5 Å². The van der Waals surface area contributed by atoms with Crippen molar-refractivity contribution >= 4 is 17.7 Å². The molecule has 146 valence electrons. The standard InChI is InChI=1S/C23H21N3O2S/c1-29-22-19(15-24)14-20(21(27)25-22)23(28)26(16-18-10-6-3-7-11-18)13-12-17-8-4-2-5-9-17/h2-11,14H,12-13,16H2,1H3,(H,25,27). The number of pyridine rings is 1. The largest absolute Gasteiger partial charge is 0.334 e. The van der Waals surface area contributed by atoms with E-state index in [1.807, 2.05) is 60.7 Å². The molecule has 1 heterocycles. The molecule has 3 rings (SSSR count). The van der Waals surface area contributed by atoms with Gasteiger partial charge in [-0.3, -0.25) is 9.59 Å². The summed E-state index contributed by atoms with van der Waals surface area (Å²) in [5.74, 6) is -0.379. The Bertz CT molecular complexity index is 1070. The van der Waals surface area contributed by atoms with E-state index in [0.717, 1.165) is 11.1 Å². The Morgan fingerprint density at radius 1 is 1.07 bits per heavy atom. The van der Waals surface area contributed by atoms with Crippen LogP contribution in [0.25, 0.3) is 0 Å². The van der Waals surface area contributed by atoms with Crippen molar-refractivity contribution in [3.05, 3.63) is 99.3 Å². The van der Waals surface area contributed by atoms with Gasteiger partial charge in [-0.1, -0.05) is 60.7 Å². The predicted molar refractivity (Wildman–Crippen MR) is 115 cm³/mol. The first-order valence-corrected chi connectivity index (χ1v) is 10.4. The minimum Gasteiger partial charge on any atom is -0.334 e. The topological polar surface area (TPSA) is 77.0 Å². The van der Waals surface area contributed by atoms with Gasteiger partial charge in [-0.2, -0.15) is 5.26 Å². The second kappa shape index (κ2) is 9.76. The molecule has 6 heteroatoms. The normalized spacial score (nSPS) is 10.3. The van der Waals surface area contributed by atoms with E-state index in [9.17, 15) is 14.9 Å². The molecule has 0 saturated carbocycles. The molecule has 0 unspecified atom stereocenters. The quantitative estimate of drug-likeness (QED) is 0.608. The lowest BCUT2D eigenvalue weighted by molar-refractivity contribution is 0.0743. The zero-order valence-electron chi connectivity index (χ0n) is 16.1. The molecule has 5 nitrogen and oxygen atoms in total. The molecule has 2 aromatic carbocycles. The lowest BCUT2D eigenvalue weighted by Gasteiger charge is -2.23. The zero-order chi connectivity index (χ0) is 20.6. The van der Waals surface area contributed by atoms with Crippen molar-refractivity contribution in [2.24, 2.45) is 0 Å². The van der Waals surface area contributed by atoms with Crippen molar-refractivity contribution in [1.29, 1.82) is 5.26 Å². The molecule has 1 N–H and O–H groups in total. The van der Waals surface area contributed by atoms with Crippen LogP contribution in [0.5, 0.6) is 0 Å². The molecule has 0 saturated heterocycles. The fourth-order valence-electron chi connectivity index (χ4n) is 3.05. The average molecular weight is 404 g/mol. The van der Waals surface area contributed by atoms with Gasteiger partial charge in [0.15, 0.2) is 0 Å². The van der Waals surface area contributed by atoms with Crippen LogP contribution >= 0.6 is 11.8 Å². The van der Waals surface area contributed by atoms with E-state index in [0.29, 0.717) is 30.1 Å². The van der Waals surface area contributed by atoms with Crippen molar-refractivity contribution in [2.75, 3.05) is 12.8 Å². The highest BCUT2D eigenvalue weighted by Gasteiger charge is 2.21. The van der Waals surface area contributed by atoms with Crippen LogP contribution < -0.4 is 5.56 Å². The smallest absolute Gasteiger partial charge is 0.261 e. The number of rotatable bonds is 7. The third kappa shape index (κ3) is 5.15. The Hall–Kier alpha value is -3.30. The summed E-state index contributed by atoms with van der Waals surface area (Å²) < 4.78 is 0. The number of amides is 1. The van der Waals surface area contributed by atoms with E-state index in [4.69, 9.17) is 0 Å². The van der Waals surface area contributed by atoms with Crippen molar-refractivity contribution in [3.8, 4) is 6.07 Å². The van der Waals surface area contributed by atoms with Gasteiger partial charge in [0.05, 0.1) is 10.6 Å². The summed E-state index contributed by atoms with van der Waals surface area (Å²) in [6, 6.07) is 23.0. The van der Waals surface area contributed by atoms with E-state index >= 15 is 0 Å². The third-order valence-electron chi connectivity index (χ3n) is 4.58. The molecule has 0 radical (unpaired) electrons. The molecule has 0 fully saturated rings. The monoisotopic (exact) mass is 403 g/mol. The first-order valence-electron chi connectivity index (χ1n) is 9.21. The predicted octanol–water partition coefficient (Wildman–Crippen LogP) is 3.85. The summed E-state index contributed by atoms with van der Waals surface area (Å²) >= 11 is 1.27. The summed E-state index contributed by atoms with van der Waals surface area (Å²) in [5, 5.41) is 9.83. The van der Waals surface area contributed by atoms with Crippen molar-refractivity contribution in [3.63, 3.8) is 0 Å². The van der Waals surface area contributed by atoms with E-state index in [1.54, 1.807) is 11.2 Å². The molecule has 0 aliphatic heterocycles. The van der Waals surface area contributed by atoms with Gasteiger partial charge in [-0.05, 0) is 29.9 Å². The first kappa shape index (κ1) is 20.4. The maximum absolute atomic E-state index is 13.2. The fraction of sp³-hybridized carbons (Fsp3) is 0.174. The van der Waals surface area contributed by atoms with Crippen LogP contribution in [0.3, 0.4) is 0 Å². The Morgan fingerprint density at radius 2 is 1.69 bits per heavy atom. The highest BCUT2D eigenvalue weighted by atomic mass is 32.2. The van der Waals surface area contributed by atoms with Crippen LogP contribution in [0.1, 0.15) is 27.0 Å². The molecule has 0 atom stereocenters. The van der Waals surface area contributed by atoms with E-state index in [1.165, 1.54) is 17.8 Å². The number of aromatic nitrogens is 1. The van der Waals surface area contributed by atoms with Gasteiger partial charge in [0, 0.05) is 13.1 Å². The van der Waals surface area contributed by atoms with Crippen LogP contribution in [0.2, 0.25) is 0 Å². The van der Waals surface area contributed by atoms with Crippen LogP contribution in [0.15, 0.2) is 76.6 Å². The number of benzene rings is 2. The fourth-order valence-corrected chi connectivity index (χ4v) is 3.57. The van der Waals surface area contributed by atoms with E-state index < -0.39 is 5.56 Å². The Balaban J connectivity index is 1.91. The average Bonchev–Trinajstić information content (AvgIpc) is 2.77. The van der Waals surface area contributed by atoms with Crippen LogP contribution in [-0.2, 0) is 13.0 Å². The molecule has 0 aliphatic carbocycles. The molecule has 0 spiro atoms. The Labute approximate surface area is 174 Å². The highest BCUT2D eigenvalue weighted by Crippen LogP contribution is 2.17. The van der Waals surface area contributed by atoms with Crippen molar-refractivity contribution in [2.45, 2.75) is 18.0 Å². The molecular weight excluding hydrogens is 382 g/mol. The Kier molecular flexibility index (Phi) is 6.88. The van der Waals surface area contributed by atoms with Gasteiger partial charge in [0.1, 0.15) is 11.6 Å².